The molecule has 166 valence electrons. The van der Waals surface area contributed by atoms with Gasteiger partial charge in [-0.1, -0.05) is 12.1 Å². The van der Waals surface area contributed by atoms with Crippen molar-refractivity contribution in [2.45, 2.75) is 25.1 Å². The molecule has 1 aromatic carbocycles. The Labute approximate surface area is 177 Å². The van der Waals surface area contributed by atoms with E-state index in [-0.39, 0.29) is 18.5 Å². The molecule has 2 heterocycles. The molecule has 0 aliphatic carbocycles. The van der Waals surface area contributed by atoms with E-state index in [4.69, 9.17) is 4.74 Å². The third-order valence-electron chi connectivity index (χ3n) is 5.02. The quantitative estimate of drug-likeness (QED) is 0.728. The highest BCUT2D eigenvalue weighted by atomic mass is 19.4. The fourth-order valence-corrected chi connectivity index (χ4v) is 3.36. The maximum Gasteiger partial charge on any atom is 0.417 e. The van der Waals surface area contributed by atoms with Crippen molar-refractivity contribution in [3.8, 4) is 5.75 Å². The van der Waals surface area contributed by atoms with E-state index in [1.165, 1.54) is 13.2 Å². The summed E-state index contributed by atoms with van der Waals surface area (Å²) in [4.78, 5) is 30.2. The normalized spacial score (nSPS) is 14.8. The van der Waals surface area contributed by atoms with E-state index in [0.29, 0.717) is 43.1 Å². The van der Waals surface area contributed by atoms with Gasteiger partial charge in [0, 0.05) is 25.3 Å². The summed E-state index contributed by atoms with van der Waals surface area (Å²) in [5.74, 6) is 0.177. The van der Waals surface area contributed by atoms with Crippen molar-refractivity contribution in [3.63, 3.8) is 0 Å². The number of alkyl halides is 3. The van der Waals surface area contributed by atoms with Crippen LogP contribution in [-0.4, -0.2) is 49.6 Å². The minimum Gasteiger partial charge on any atom is -0.496 e. The van der Waals surface area contributed by atoms with Gasteiger partial charge in [-0.25, -0.2) is 4.98 Å². The predicted octanol–water partition coefficient (Wildman–Crippen LogP) is 2.62. The molecule has 0 spiro atoms. The number of rotatable bonds is 6. The summed E-state index contributed by atoms with van der Waals surface area (Å²) in [7, 11) is 1.46. The first-order valence-corrected chi connectivity index (χ1v) is 9.76. The molecule has 0 bridgehead atoms. The molecule has 1 saturated heterocycles. The number of carbonyl (C=O) groups excluding carboxylic acids is 2. The van der Waals surface area contributed by atoms with Gasteiger partial charge in [0.1, 0.15) is 11.6 Å². The number of ether oxygens (including phenoxy) is 1. The molecule has 1 aliphatic rings. The molecule has 2 N–H and O–H groups in total. The zero-order valence-corrected chi connectivity index (χ0v) is 16.9. The molecular formula is C21H23F3N4O3. The lowest BCUT2D eigenvalue weighted by Gasteiger charge is -2.33. The molecule has 1 aliphatic heterocycles. The summed E-state index contributed by atoms with van der Waals surface area (Å²) >= 11 is 0. The van der Waals surface area contributed by atoms with Gasteiger partial charge in [-0.05, 0) is 37.1 Å². The number of piperidine rings is 1. The van der Waals surface area contributed by atoms with E-state index in [1.807, 2.05) is 4.90 Å². The maximum absolute atomic E-state index is 12.7. The molecule has 31 heavy (non-hydrogen) atoms. The minimum absolute atomic E-state index is 0.0821. The molecule has 2 amide bonds. The van der Waals surface area contributed by atoms with Crippen LogP contribution in [0.3, 0.4) is 0 Å². The molecule has 2 aromatic rings. The predicted molar refractivity (Wildman–Crippen MR) is 108 cm³/mol. The molecular weight excluding hydrogens is 413 g/mol. The number of halogens is 3. The third kappa shape index (κ3) is 5.87. The lowest BCUT2D eigenvalue weighted by atomic mass is 10.0. The van der Waals surface area contributed by atoms with Crippen molar-refractivity contribution < 1.29 is 27.5 Å². The number of benzene rings is 1. The first-order chi connectivity index (χ1) is 14.8. The average Bonchev–Trinajstić information content (AvgIpc) is 2.77. The van der Waals surface area contributed by atoms with E-state index in [0.717, 1.165) is 12.3 Å². The smallest absolute Gasteiger partial charge is 0.417 e. The fourth-order valence-electron chi connectivity index (χ4n) is 3.36. The van der Waals surface area contributed by atoms with Gasteiger partial charge in [-0.3, -0.25) is 9.59 Å². The van der Waals surface area contributed by atoms with Gasteiger partial charge in [0.05, 0.1) is 24.8 Å². The Bertz CT molecular complexity index is 911. The summed E-state index contributed by atoms with van der Waals surface area (Å²) in [6.45, 7) is 0.936. The van der Waals surface area contributed by atoms with Crippen LogP contribution >= 0.6 is 0 Å². The van der Waals surface area contributed by atoms with Crippen LogP contribution in [0, 0.1) is 0 Å². The van der Waals surface area contributed by atoms with Crippen LogP contribution in [0.25, 0.3) is 0 Å². The van der Waals surface area contributed by atoms with Gasteiger partial charge in [-0.2, -0.15) is 13.2 Å². The Morgan fingerprint density at radius 2 is 1.87 bits per heavy atom. The lowest BCUT2D eigenvalue weighted by molar-refractivity contribution is -0.137. The first kappa shape index (κ1) is 22.4. The van der Waals surface area contributed by atoms with Gasteiger partial charge < -0.3 is 20.3 Å². The lowest BCUT2D eigenvalue weighted by Crippen LogP contribution is -2.47. The molecule has 0 radical (unpaired) electrons. The average molecular weight is 436 g/mol. The number of para-hydroxylation sites is 1. The highest BCUT2D eigenvalue weighted by Gasteiger charge is 2.31. The first-order valence-electron chi connectivity index (χ1n) is 9.76. The summed E-state index contributed by atoms with van der Waals surface area (Å²) in [6.07, 6.45) is -2.35. The summed E-state index contributed by atoms with van der Waals surface area (Å²) in [5.41, 5.74) is -0.441. The van der Waals surface area contributed by atoms with E-state index >= 15 is 0 Å². The summed E-state index contributed by atoms with van der Waals surface area (Å²) in [5, 5.41) is 5.45. The number of pyridine rings is 1. The second-order valence-corrected chi connectivity index (χ2v) is 7.11. The molecule has 1 aromatic heterocycles. The Balaban J connectivity index is 1.44. The summed E-state index contributed by atoms with van der Waals surface area (Å²) < 4.78 is 43.1. The van der Waals surface area contributed by atoms with Crippen LogP contribution in [0.2, 0.25) is 0 Å². The molecule has 1 fully saturated rings. The summed E-state index contributed by atoms with van der Waals surface area (Å²) in [6, 6.07) is 9.01. The van der Waals surface area contributed by atoms with E-state index in [2.05, 4.69) is 15.6 Å². The molecule has 10 heteroatoms. The Morgan fingerprint density at radius 1 is 1.16 bits per heavy atom. The van der Waals surface area contributed by atoms with Crippen LogP contribution in [0.1, 0.15) is 28.8 Å². The van der Waals surface area contributed by atoms with Crippen LogP contribution in [0.4, 0.5) is 19.0 Å². The molecule has 0 unspecified atom stereocenters. The number of hydrogen-bond donors (Lipinski definition) is 2. The van der Waals surface area contributed by atoms with Crippen molar-refractivity contribution >= 4 is 17.6 Å². The standard InChI is InChI=1S/C21H23F3N4O3/c1-31-17-5-3-2-4-16(17)20(30)26-13-19(29)27-15-8-10-28(11-9-15)18-7-6-14(12-25-18)21(22,23)24/h2-7,12,15H,8-11,13H2,1H3,(H,26,30)(H,27,29). The largest absolute Gasteiger partial charge is 0.496 e. The molecule has 3 rings (SSSR count). The number of anilines is 1. The Kier molecular flexibility index (Phi) is 6.98. The van der Waals surface area contributed by atoms with Gasteiger partial charge in [0.15, 0.2) is 0 Å². The van der Waals surface area contributed by atoms with Gasteiger partial charge >= 0.3 is 6.18 Å². The topological polar surface area (TPSA) is 83.6 Å². The van der Waals surface area contributed by atoms with Crippen LogP contribution in [0.5, 0.6) is 5.75 Å². The minimum atomic E-state index is -4.41. The van der Waals surface area contributed by atoms with Gasteiger partial charge in [-0.15, -0.1) is 0 Å². The van der Waals surface area contributed by atoms with Gasteiger partial charge in [0.2, 0.25) is 5.91 Å². The maximum atomic E-state index is 12.7. The van der Waals surface area contributed by atoms with Crippen molar-refractivity contribution in [2.24, 2.45) is 0 Å². The number of methoxy groups -OCH3 is 1. The van der Waals surface area contributed by atoms with E-state index in [1.54, 1.807) is 24.3 Å². The number of aromatic nitrogens is 1. The third-order valence-corrected chi connectivity index (χ3v) is 5.02. The number of nitrogens with zero attached hydrogens (tertiary/aromatic N) is 2. The Hall–Kier alpha value is -3.30. The number of carbonyl (C=O) groups is 2. The van der Waals surface area contributed by atoms with E-state index in [9.17, 15) is 22.8 Å². The van der Waals surface area contributed by atoms with Crippen LogP contribution < -0.4 is 20.3 Å². The second-order valence-electron chi connectivity index (χ2n) is 7.11. The monoisotopic (exact) mass is 436 g/mol. The zero-order chi connectivity index (χ0) is 22.4. The Morgan fingerprint density at radius 3 is 2.48 bits per heavy atom. The van der Waals surface area contributed by atoms with Crippen LogP contribution in [0.15, 0.2) is 42.6 Å². The highest BCUT2D eigenvalue weighted by molar-refractivity contribution is 5.98. The second kappa shape index (κ2) is 9.67. The fraction of sp³-hybridized carbons (Fsp3) is 0.381. The van der Waals surface area contributed by atoms with Gasteiger partial charge in [0.25, 0.3) is 5.91 Å². The molecule has 0 atom stereocenters. The number of hydrogen-bond acceptors (Lipinski definition) is 5. The number of nitrogens with one attached hydrogen (secondary N) is 2. The number of amides is 2. The van der Waals surface area contributed by atoms with Crippen LogP contribution in [-0.2, 0) is 11.0 Å². The van der Waals surface area contributed by atoms with E-state index < -0.39 is 17.6 Å². The van der Waals surface area contributed by atoms with Crippen molar-refractivity contribution in [3.05, 3.63) is 53.7 Å². The molecule has 7 nitrogen and oxygen atoms in total. The molecule has 0 saturated carbocycles. The van der Waals surface area contributed by atoms with Crippen molar-refractivity contribution in [2.75, 3.05) is 31.6 Å². The van der Waals surface area contributed by atoms with Crippen molar-refractivity contribution in [1.29, 1.82) is 0 Å². The SMILES string of the molecule is COc1ccccc1C(=O)NCC(=O)NC1CCN(c2ccc(C(F)(F)F)cn2)CC1. The highest BCUT2D eigenvalue weighted by Crippen LogP contribution is 2.29. The zero-order valence-electron chi connectivity index (χ0n) is 16.9. The van der Waals surface area contributed by atoms with Crippen molar-refractivity contribution in [1.82, 2.24) is 15.6 Å².